The van der Waals surface area contributed by atoms with Crippen LogP contribution >= 0.6 is 11.6 Å². The molecular weight excluding hydrogens is 186 g/mol. The Morgan fingerprint density at radius 2 is 2.38 bits per heavy atom. The first-order valence-electron chi connectivity index (χ1n) is 4.66. The van der Waals surface area contributed by atoms with Crippen molar-refractivity contribution in [3.05, 3.63) is 12.2 Å². The average molecular weight is 202 g/mol. The summed E-state index contributed by atoms with van der Waals surface area (Å²) in [6.45, 7) is 2.18. The molecule has 0 aliphatic rings. The molecule has 0 bridgehead atoms. The summed E-state index contributed by atoms with van der Waals surface area (Å²) in [5.41, 5.74) is 0. The van der Waals surface area contributed by atoms with Gasteiger partial charge in [0.15, 0.2) is 0 Å². The molecule has 0 saturated heterocycles. The minimum absolute atomic E-state index is 0.537. The SMILES string of the molecule is CCCC(CCl)Cc1ncnn1C. The second kappa shape index (κ2) is 5.22. The van der Waals surface area contributed by atoms with E-state index in [9.17, 15) is 0 Å². The molecule has 1 aromatic rings. The van der Waals surface area contributed by atoms with Gasteiger partial charge in [-0.1, -0.05) is 13.3 Å². The van der Waals surface area contributed by atoms with Gasteiger partial charge in [0.2, 0.25) is 0 Å². The standard InChI is InChI=1S/C9H16ClN3/c1-3-4-8(6-10)5-9-11-7-12-13(9)2/h7-8H,3-6H2,1-2H3. The van der Waals surface area contributed by atoms with Gasteiger partial charge in [-0.15, -0.1) is 11.6 Å². The number of halogens is 1. The molecule has 74 valence electrons. The van der Waals surface area contributed by atoms with Crippen molar-refractivity contribution in [2.45, 2.75) is 26.2 Å². The zero-order chi connectivity index (χ0) is 9.68. The maximum atomic E-state index is 5.86. The van der Waals surface area contributed by atoms with Crippen LogP contribution in [0.4, 0.5) is 0 Å². The molecule has 0 spiro atoms. The van der Waals surface area contributed by atoms with E-state index in [0.29, 0.717) is 11.8 Å². The molecule has 0 radical (unpaired) electrons. The van der Waals surface area contributed by atoms with Gasteiger partial charge in [0.25, 0.3) is 0 Å². The van der Waals surface area contributed by atoms with Crippen LogP contribution in [0, 0.1) is 5.92 Å². The van der Waals surface area contributed by atoms with E-state index >= 15 is 0 Å². The third-order valence-electron chi connectivity index (χ3n) is 2.19. The summed E-state index contributed by atoms with van der Waals surface area (Å²) in [5.74, 6) is 2.27. The number of rotatable bonds is 5. The third-order valence-corrected chi connectivity index (χ3v) is 2.63. The molecule has 1 unspecified atom stereocenters. The number of aryl methyl sites for hydroxylation is 1. The lowest BCUT2D eigenvalue weighted by Crippen LogP contribution is -2.10. The Morgan fingerprint density at radius 3 is 2.85 bits per heavy atom. The summed E-state index contributed by atoms with van der Waals surface area (Å²) in [6, 6.07) is 0. The fraction of sp³-hybridized carbons (Fsp3) is 0.778. The monoisotopic (exact) mass is 201 g/mol. The van der Waals surface area contributed by atoms with Crippen molar-refractivity contribution < 1.29 is 0 Å². The van der Waals surface area contributed by atoms with Gasteiger partial charge in [0.05, 0.1) is 0 Å². The number of hydrogen-bond donors (Lipinski definition) is 0. The molecule has 0 amide bonds. The summed E-state index contributed by atoms with van der Waals surface area (Å²) < 4.78 is 1.81. The van der Waals surface area contributed by atoms with Crippen LogP contribution in [-0.4, -0.2) is 20.6 Å². The van der Waals surface area contributed by atoms with E-state index in [1.54, 1.807) is 6.33 Å². The predicted octanol–water partition coefficient (Wildman–Crippen LogP) is 2.01. The molecule has 0 fully saturated rings. The Balaban J connectivity index is 2.51. The van der Waals surface area contributed by atoms with Gasteiger partial charge in [0, 0.05) is 19.3 Å². The first-order chi connectivity index (χ1) is 6.27. The van der Waals surface area contributed by atoms with Gasteiger partial charge in [-0.25, -0.2) is 4.98 Å². The van der Waals surface area contributed by atoms with Crippen LogP contribution in [0.1, 0.15) is 25.6 Å². The zero-order valence-electron chi connectivity index (χ0n) is 8.20. The summed E-state index contributed by atoms with van der Waals surface area (Å²) in [4.78, 5) is 4.18. The van der Waals surface area contributed by atoms with Gasteiger partial charge in [-0.05, 0) is 12.3 Å². The molecule has 1 heterocycles. The molecule has 3 nitrogen and oxygen atoms in total. The Hall–Kier alpha value is -0.570. The highest BCUT2D eigenvalue weighted by Gasteiger charge is 2.10. The molecule has 0 aliphatic heterocycles. The summed E-state index contributed by atoms with van der Waals surface area (Å²) in [5, 5.41) is 4.03. The number of nitrogens with zero attached hydrogens (tertiary/aromatic N) is 3. The summed E-state index contributed by atoms with van der Waals surface area (Å²) >= 11 is 5.86. The highest BCUT2D eigenvalue weighted by atomic mass is 35.5. The fourth-order valence-corrected chi connectivity index (χ4v) is 1.67. The van der Waals surface area contributed by atoms with Crippen LogP contribution in [0.3, 0.4) is 0 Å². The number of alkyl halides is 1. The molecule has 1 atom stereocenters. The number of aromatic nitrogens is 3. The van der Waals surface area contributed by atoms with Gasteiger partial charge in [-0.2, -0.15) is 5.10 Å². The molecule has 1 aromatic heterocycles. The maximum Gasteiger partial charge on any atom is 0.138 e. The summed E-state index contributed by atoms with van der Waals surface area (Å²) in [7, 11) is 1.92. The molecule has 13 heavy (non-hydrogen) atoms. The Morgan fingerprint density at radius 1 is 1.62 bits per heavy atom. The number of hydrogen-bond acceptors (Lipinski definition) is 2. The van der Waals surface area contributed by atoms with Crippen LogP contribution in [0.2, 0.25) is 0 Å². The molecule has 0 aliphatic carbocycles. The zero-order valence-corrected chi connectivity index (χ0v) is 8.96. The molecule has 1 rings (SSSR count). The first kappa shape index (κ1) is 10.5. The second-order valence-electron chi connectivity index (χ2n) is 3.31. The van der Waals surface area contributed by atoms with Crippen LogP contribution in [-0.2, 0) is 13.5 Å². The van der Waals surface area contributed by atoms with Crippen molar-refractivity contribution in [1.82, 2.24) is 14.8 Å². The maximum absolute atomic E-state index is 5.86. The lowest BCUT2D eigenvalue weighted by atomic mass is 10.0. The first-order valence-corrected chi connectivity index (χ1v) is 5.20. The Kier molecular flexibility index (Phi) is 4.22. The van der Waals surface area contributed by atoms with E-state index < -0.39 is 0 Å². The average Bonchev–Trinajstić information content (AvgIpc) is 2.51. The fourth-order valence-electron chi connectivity index (χ4n) is 1.41. The lowest BCUT2D eigenvalue weighted by Gasteiger charge is -2.11. The van der Waals surface area contributed by atoms with Crippen molar-refractivity contribution in [2.75, 3.05) is 5.88 Å². The van der Waals surface area contributed by atoms with Gasteiger partial charge < -0.3 is 0 Å². The van der Waals surface area contributed by atoms with Gasteiger partial charge in [0.1, 0.15) is 12.2 Å². The van der Waals surface area contributed by atoms with E-state index in [4.69, 9.17) is 11.6 Å². The quantitative estimate of drug-likeness (QED) is 0.683. The van der Waals surface area contributed by atoms with E-state index in [2.05, 4.69) is 17.0 Å². The lowest BCUT2D eigenvalue weighted by molar-refractivity contribution is 0.501. The van der Waals surface area contributed by atoms with Crippen molar-refractivity contribution in [1.29, 1.82) is 0 Å². The minimum atomic E-state index is 0.537. The van der Waals surface area contributed by atoms with Gasteiger partial charge >= 0.3 is 0 Å². The van der Waals surface area contributed by atoms with Crippen LogP contribution in [0.25, 0.3) is 0 Å². The highest BCUT2D eigenvalue weighted by molar-refractivity contribution is 6.18. The molecule has 0 aromatic carbocycles. The van der Waals surface area contributed by atoms with E-state index in [1.807, 2.05) is 11.7 Å². The molecular formula is C9H16ClN3. The Bertz CT molecular complexity index is 247. The van der Waals surface area contributed by atoms with Crippen LogP contribution < -0.4 is 0 Å². The topological polar surface area (TPSA) is 30.7 Å². The smallest absolute Gasteiger partial charge is 0.138 e. The predicted molar refractivity (Wildman–Crippen MR) is 53.8 cm³/mol. The normalized spacial score (nSPS) is 13.2. The van der Waals surface area contributed by atoms with Crippen molar-refractivity contribution >= 4 is 11.6 Å². The third kappa shape index (κ3) is 2.99. The van der Waals surface area contributed by atoms with E-state index in [-0.39, 0.29) is 0 Å². The molecule has 0 saturated carbocycles. The second-order valence-corrected chi connectivity index (χ2v) is 3.62. The Labute approximate surface area is 84.1 Å². The van der Waals surface area contributed by atoms with Crippen molar-refractivity contribution in [3.63, 3.8) is 0 Å². The van der Waals surface area contributed by atoms with Gasteiger partial charge in [-0.3, -0.25) is 4.68 Å². The largest absolute Gasteiger partial charge is 0.253 e. The van der Waals surface area contributed by atoms with Crippen LogP contribution in [0.5, 0.6) is 0 Å². The van der Waals surface area contributed by atoms with E-state index in [0.717, 1.165) is 18.7 Å². The highest BCUT2D eigenvalue weighted by Crippen LogP contribution is 2.13. The van der Waals surface area contributed by atoms with Crippen molar-refractivity contribution in [3.8, 4) is 0 Å². The molecule has 0 N–H and O–H groups in total. The van der Waals surface area contributed by atoms with E-state index in [1.165, 1.54) is 6.42 Å². The molecule has 4 heteroatoms. The van der Waals surface area contributed by atoms with Crippen LogP contribution in [0.15, 0.2) is 6.33 Å². The van der Waals surface area contributed by atoms with Crippen molar-refractivity contribution in [2.24, 2.45) is 13.0 Å². The minimum Gasteiger partial charge on any atom is -0.253 e. The summed E-state index contributed by atoms with van der Waals surface area (Å²) in [6.07, 6.45) is 4.87.